The zero-order valence-corrected chi connectivity index (χ0v) is 15.1. The fourth-order valence-electron chi connectivity index (χ4n) is 1.18. The second-order valence-electron chi connectivity index (χ2n) is 5.34. The Morgan fingerprint density at radius 1 is 1.23 bits per heavy atom. The summed E-state index contributed by atoms with van der Waals surface area (Å²) in [6.07, 6.45) is 0.999. The van der Waals surface area contributed by atoms with Gasteiger partial charge in [0, 0.05) is 17.1 Å². The minimum absolute atomic E-state index is 0.0349. The average molecular weight is 329 g/mol. The molecular weight excluding hydrogens is 300 g/mol. The zero-order valence-electron chi connectivity index (χ0n) is 14.4. The molecular formula is C17H29ClN2O2. The van der Waals surface area contributed by atoms with E-state index in [1.54, 1.807) is 24.3 Å². The molecule has 1 aromatic rings. The lowest BCUT2D eigenvalue weighted by Crippen LogP contribution is -2.25. The molecule has 1 aromatic carbocycles. The van der Waals surface area contributed by atoms with E-state index in [4.69, 9.17) is 16.4 Å². The standard InChI is InChI=1S/C12H16ClNO.C4H11N.CH2O/c1-9(2)7-8-14-12(15)10-3-5-11(13)6-4-10;1-4-5(2)3;1-2/h3-6,9H,7-8H2,1-2H3,(H,14,15);4H2,1-3H3;1H2. The largest absolute Gasteiger partial charge is 0.352 e. The number of rotatable bonds is 5. The van der Waals surface area contributed by atoms with Gasteiger partial charge < -0.3 is 15.0 Å². The molecule has 1 N–H and O–H groups in total. The number of carbonyl (C=O) groups excluding carboxylic acids is 2. The number of nitrogens with one attached hydrogen (secondary N) is 1. The van der Waals surface area contributed by atoms with E-state index in [-0.39, 0.29) is 5.91 Å². The molecule has 126 valence electrons. The van der Waals surface area contributed by atoms with Crippen LogP contribution in [0, 0.1) is 5.92 Å². The van der Waals surface area contributed by atoms with E-state index in [2.05, 4.69) is 45.1 Å². The Morgan fingerprint density at radius 3 is 2.05 bits per heavy atom. The lowest BCUT2D eigenvalue weighted by atomic mass is 10.1. The first-order valence-corrected chi connectivity index (χ1v) is 7.72. The minimum Gasteiger partial charge on any atom is -0.352 e. The quantitative estimate of drug-likeness (QED) is 0.900. The number of halogens is 1. The van der Waals surface area contributed by atoms with Crippen LogP contribution in [0.3, 0.4) is 0 Å². The summed E-state index contributed by atoms with van der Waals surface area (Å²) in [6, 6.07) is 6.90. The maximum absolute atomic E-state index is 11.6. The van der Waals surface area contributed by atoms with Crippen LogP contribution in [-0.2, 0) is 4.79 Å². The van der Waals surface area contributed by atoms with Crippen LogP contribution in [0.5, 0.6) is 0 Å². The third kappa shape index (κ3) is 13.6. The summed E-state index contributed by atoms with van der Waals surface area (Å²) in [4.78, 5) is 21.7. The average Bonchev–Trinajstić information content (AvgIpc) is 2.50. The predicted octanol–water partition coefficient (Wildman–Crippen LogP) is 3.50. The van der Waals surface area contributed by atoms with Crippen LogP contribution in [0.1, 0.15) is 37.6 Å². The zero-order chi connectivity index (χ0) is 17.5. The molecule has 4 nitrogen and oxygen atoms in total. The van der Waals surface area contributed by atoms with Crippen molar-refractivity contribution in [3.8, 4) is 0 Å². The van der Waals surface area contributed by atoms with E-state index < -0.39 is 0 Å². The number of amides is 1. The van der Waals surface area contributed by atoms with Gasteiger partial charge in [0.15, 0.2) is 0 Å². The highest BCUT2D eigenvalue weighted by molar-refractivity contribution is 6.30. The summed E-state index contributed by atoms with van der Waals surface area (Å²) < 4.78 is 0. The molecule has 0 saturated heterocycles. The van der Waals surface area contributed by atoms with E-state index in [1.807, 2.05) is 6.79 Å². The molecule has 0 aliphatic carbocycles. The van der Waals surface area contributed by atoms with Crippen LogP contribution in [0.25, 0.3) is 0 Å². The first-order chi connectivity index (χ1) is 10.4. The van der Waals surface area contributed by atoms with Crippen molar-refractivity contribution < 1.29 is 9.59 Å². The second-order valence-corrected chi connectivity index (χ2v) is 5.78. The molecule has 0 saturated carbocycles. The minimum atomic E-state index is -0.0349. The number of carbonyl (C=O) groups is 2. The summed E-state index contributed by atoms with van der Waals surface area (Å²) in [5.41, 5.74) is 0.656. The van der Waals surface area contributed by atoms with E-state index in [0.29, 0.717) is 16.5 Å². The van der Waals surface area contributed by atoms with Crippen molar-refractivity contribution in [2.75, 3.05) is 27.2 Å². The highest BCUT2D eigenvalue weighted by atomic mass is 35.5. The van der Waals surface area contributed by atoms with Crippen molar-refractivity contribution in [1.82, 2.24) is 10.2 Å². The van der Waals surface area contributed by atoms with Crippen molar-refractivity contribution in [1.29, 1.82) is 0 Å². The molecule has 0 unspecified atom stereocenters. The smallest absolute Gasteiger partial charge is 0.251 e. The summed E-state index contributed by atoms with van der Waals surface area (Å²) in [5.74, 6) is 0.572. The van der Waals surface area contributed by atoms with E-state index in [0.717, 1.165) is 19.5 Å². The van der Waals surface area contributed by atoms with Gasteiger partial charge in [-0.3, -0.25) is 4.79 Å². The first kappa shape index (κ1) is 22.9. The van der Waals surface area contributed by atoms with Crippen LogP contribution in [0.15, 0.2) is 24.3 Å². The maximum Gasteiger partial charge on any atom is 0.251 e. The number of benzene rings is 1. The Morgan fingerprint density at radius 2 is 1.68 bits per heavy atom. The first-order valence-electron chi connectivity index (χ1n) is 7.34. The van der Waals surface area contributed by atoms with Crippen molar-refractivity contribution in [3.63, 3.8) is 0 Å². The fraction of sp³-hybridized carbons (Fsp3) is 0.529. The van der Waals surface area contributed by atoms with Crippen molar-refractivity contribution in [2.45, 2.75) is 27.2 Å². The van der Waals surface area contributed by atoms with Crippen LogP contribution in [-0.4, -0.2) is 44.8 Å². The van der Waals surface area contributed by atoms with Crippen molar-refractivity contribution in [2.24, 2.45) is 5.92 Å². The van der Waals surface area contributed by atoms with Gasteiger partial charge in [0.25, 0.3) is 5.91 Å². The van der Waals surface area contributed by atoms with Gasteiger partial charge in [0.2, 0.25) is 0 Å². The van der Waals surface area contributed by atoms with Gasteiger partial charge in [-0.2, -0.15) is 0 Å². The molecule has 0 aromatic heterocycles. The Hall–Kier alpha value is -1.39. The second kappa shape index (κ2) is 14.5. The monoisotopic (exact) mass is 328 g/mol. The molecule has 0 radical (unpaired) electrons. The molecule has 0 heterocycles. The number of hydrogen-bond donors (Lipinski definition) is 1. The highest BCUT2D eigenvalue weighted by Gasteiger charge is 2.04. The van der Waals surface area contributed by atoms with Crippen LogP contribution in [0.2, 0.25) is 5.02 Å². The lowest BCUT2D eigenvalue weighted by Gasteiger charge is -2.06. The Labute approximate surface area is 139 Å². The summed E-state index contributed by atoms with van der Waals surface area (Å²) in [5, 5.41) is 3.51. The van der Waals surface area contributed by atoms with Crippen molar-refractivity contribution >= 4 is 24.3 Å². The van der Waals surface area contributed by atoms with E-state index in [1.165, 1.54) is 0 Å². The third-order valence-electron chi connectivity index (χ3n) is 2.75. The third-order valence-corrected chi connectivity index (χ3v) is 3.00. The highest BCUT2D eigenvalue weighted by Crippen LogP contribution is 2.09. The molecule has 0 bridgehead atoms. The van der Waals surface area contributed by atoms with Gasteiger partial charge in [-0.05, 0) is 57.2 Å². The summed E-state index contributed by atoms with van der Waals surface area (Å²) >= 11 is 5.73. The topological polar surface area (TPSA) is 49.4 Å². The van der Waals surface area contributed by atoms with Gasteiger partial charge in [-0.1, -0.05) is 32.4 Å². The number of hydrogen-bond acceptors (Lipinski definition) is 3. The molecule has 1 rings (SSSR count). The SMILES string of the molecule is C=O.CC(C)CCNC(=O)c1ccc(Cl)cc1.CCN(C)C. The van der Waals surface area contributed by atoms with Gasteiger partial charge in [0.1, 0.15) is 6.79 Å². The number of nitrogens with zero attached hydrogens (tertiary/aromatic N) is 1. The molecule has 0 atom stereocenters. The van der Waals surface area contributed by atoms with E-state index >= 15 is 0 Å². The van der Waals surface area contributed by atoms with Crippen LogP contribution < -0.4 is 5.32 Å². The predicted molar refractivity (Wildman–Crippen MR) is 94.6 cm³/mol. The summed E-state index contributed by atoms with van der Waals surface area (Å²) in [6.45, 7) is 10.3. The summed E-state index contributed by atoms with van der Waals surface area (Å²) in [7, 11) is 4.11. The fourth-order valence-corrected chi connectivity index (χ4v) is 1.30. The molecule has 1 amide bonds. The lowest BCUT2D eigenvalue weighted by molar-refractivity contribution is -0.0980. The Kier molecular flexibility index (Phi) is 15.1. The van der Waals surface area contributed by atoms with Gasteiger partial charge in [-0.25, -0.2) is 0 Å². The van der Waals surface area contributed by atoms with Crippen LogP contribution in [0.4, 0.5) is 0 Å². The molecule has 0 spiro atoms. The Balaban J connectivity index is 0. The molecule has 0 aliphatic rings. The Bertz CT molecular complexity index is 392. The van der Waals surface area contributed by atoms with Gasteiger partial charge >= 0.3 is 0 Å². The molecule has 22 heavy (non-hydrogen) atoms. The van der Waals surface area contributed by atoms with Gasteiger partial charge in [0.05, 0.1) is 0 Å². The van der Waals surface area contributed by atoms with Gasteiger partial charge in [-0.15, -0.1) is 0 Å². The molecule has 0 aliphatic heterocycles. The maximum atomic E-state index is 11.6. The van der Waals surface area contributed by atoms with E-state index in [9.17, 15) is 4.79 Å². The molecule has 0 fully saturated rings. The van der Waals surface area contributed by atoms with Crippen molar-refractivity contribution in [3.05, 3.63) is 34.9 Å². The molecule has 5 heteroatoms. The van der Waals surface area contributed by atoms with Crippen LogP contribution >= 0.6 is 11.6 Å². The normalized spacial score (nSPS) is 9.45.